The monoisotopic (exact) mass is 378 g/mol. The number of anilines is 1. The third-order valence-electron chi connectivity index (χ3n) is 4.06. The largest absolute Gasteiger partial charge is 0.348 e. The number of hydrogen-bond donors (Lipinski definition) is 1. The SMILES string of the molecule is Cc1ccc(N(CC(=O)N[C@H](C)c2ccc(F)cc2)S(C)(=O)=O)c(C)c1. The van der Waals surface area contributed by atoms with E-state index in [1.807, 2.05) is 13.0 Å². The molecule has 0 bridgehead atoms. The summed E-state index contributed by atoms with van der Waals surface area (Å²) in [6, 6.07) is 10.8. The predicted molar refractivity (Wildman–Crippen MR) is 101 cm³/mol. The Morgan fingerprint density at radius 3 is 2.31 bits per heavy atom. The molecular formula is C19H23FN2O3S. The van der Waals surface area contributed by atoms with E-state index in [4.69, 9.17) is 0 Å². The lowest BCUT2D eigenvalue weighted by molar-refractivity contribution is -0.120. The van der Waals surface area contributed by atoms with Gasteiger partial charge in [-0.3, -0.25) is 9.10 Å². The summed E-state index contributed by atoms with van der Waals surface area (Å²) < 4.78 is 38.5. The van der Waals surface area contributed by atoms with E-state index in [1.165, 1.54) is 12.1 Å². The van der Waals surface area contributed by atoms with Crippen LogP contribution < -0.4 is 9.62 Å². The lowest BCUT2D eigenvalue weighted by atomic mass is 10.1. The van der Waals surface area contributed by atoms with Crippen LogP contribution in [0.5, 0.6) is 0 Å². The highest BCUT2D eigenvalue weighted by Crippen LogP contribution is 2.23. The Morgan fingerprint density at radius 2 is 1.77 bits per heavy atom. The van der Waals surface area contributed by atoms with Gasteiger partial charge in [0.25, 0.3) is 0 Å². The van der Waals surface area contributed by atoms with Crippen LogP contribution in [0.4, 0.5) is 10.1 Å². The molecule has 0 aliphatic heterocycles. The molecular weight excluding hydrogens is 355 g/mol. The smallest absolute Gasteiger partial charge is 0.241 e. The lowest BCUT2D eigenvalue weighted by Gasteiger charge is -2.25. The van der Waals surface area contributed by atoms with Gasteiger partial charge in [-0.15, -0.1) is 0 Å². The summed E-state index contributed by atoms with van der Waals surface area (Å²) in [5.41, 5.74) is 2.99. The van der Waals surface area contributed by atoms with Gasteiger partial charge in [-0.2, -0.15) is 0 Å². The standard InChI is InChI=1S/C19H23FN2O3S/c1-13-5-10-18(14(2)11-13)22(26(4,24)25)12-19(23)21-15(3)16-6-8-17(20)9-7-16/h5-11,15H,12H2,1-4H3,(H,21,23)/t15-/m1/s1. The zero-order valence-electron chi connectivity index (χ0n) is 15.3. The average molecular weight is 378 g/mol. The van der Waals surface area contributed by atoms with Crippen LogP contribution in [-0.2, 0) is 14.8 Å². The zero-order valence-corrected chi connectivity index (χ0v) is 16.1. The number of nitrogens with one attached hydrogen (secondary N) is 1. The number of aryl methyl sites for hydroxylation is 2. The maximum Gasteiger partial charge on any atom is 0.241 e. The normalized spacial score (nSPS) is 12.5. The Morgan fingerprint density at radius 1 is 1.15 bits per heavy atom. The second-order valence-corrected chi connectivity index (χ2v) is 8.31. The van der Waals surface area contributed by atoms with Crippen LogP contribution in [0.15, 0.2) is 42.5 Å². The minimum atomic E-state index is -3.63. The van der Waals surface area contributed by atoms with E-state index in [-0.39, 0.29) is 18.4 Å². The number of benzene rings is 2. The summed E-state index contributed by atoms with van der Waals surface area (Å²) in [6.07, 6.45) is 1.07. The van der Waals surface area contributed by atoms with Crippen molar-refractivity contribution in [2.24, 2.45) is 0 Å². The van der Waals surface area contributed by atoms with Crippen LogP contribution >= 0.6 is 0 Å². The average Bonchev–Trinajstić information content (AvgIpc) is 2.53. The molecule has 26 heavy (non-hydrogen) atoms. The Balaban J connectivity index is 2.18. The van der Waals surface area contributed by atoms with Gasteiger partial charge in [0.15, 0.2) is 0 Å². The first-order valence-electron chi connectivity index (χ1n) is 8.17. The van der Waals surface area contributed by atoms with Gasteiger partial charge >= 0.3 is 0 Å². The van der Waals surface area contributed by atoms with Gasteiger partial charge in [0.1, 0.15) is 12.4 Å². The molecule has 0 aliphatic rings. The van der Waals surface area contributed by atoms with Gasteiger partial charge in [-0.25, -0.2) is 12.8 Å². The van der Waals surface area contributed by atoms with Crippen molar-refractivity contribution < 1.29 is 17.6 Å². The molecule has 1 N–H and O–H groups in total. The molecule has 5 nitrogen and oxygen atoms in total. The Hall–Kier alpha value is -2.41. The van der Waals surface area contributed by atoms with Crippen molar-refractivity contribution in [3.63, 3.8) is 0 Å². The molecule has 0 saturated carbocycles. The zero-order chi connectivity index (χ0) is 19.5. The number of carbonyl (C=O) groups is 1. The van der Waals surface area contributed by atoms with Gasteiger partial charge in [-0.05, 0) is 50.1 Å². The molecule has 0 fully saturated rings. The van der Waals surface area contributed by atoms with Crippen molar-refractivity contribution in [1.29, 1.82) is 0 Å². The highest BCUT2D eigenvalue weighted by atomic mass is 32.2. The molecule has 1 amide bonds. The van der Waals surface area contributed by atoms with Crippen LogP contribution in [0.25, 0.3) is 0 Å². The first kappa shape index (κ1) is 19.9. The van der Waals surface area contributed by atoms with Crippen LogP contribution in [0.3, 0.4) is 0 Å². The lowest BCUT2D eigenvalue weighted by Crippen LogP contribution is -2.41. The van der Waals surface area contributed by atoms with Crippen molar-refractivity contribution in [1.82, 2.24) is 5.32 Å². The fourth-order valence-corrected chi connectivity index (χ4v) is 3.63. The molecule has 2 aromatic rings. The van der Waals surface area contributed by atoms with Crippen molar-refractivity contribution in [2.75, 3.05) is 17.1 Å². The molecule has 1 atom stereocenters. The molecule has 0 radical (unpaired) electrons. The fourth-order valence-electron chi connectivity index (χ4n) is 2.72. The summed E-state index contributed by atoms with van der Waals surface area (Å²) in [5, 5.41) is 2.75. The summed E-state index contributed by atoms with van der Waals surface area (Å²) in [5.74, 6) is -0.794. The van der Waals surface area contributed by atoms with Crippen LogP contribution in [0.2, 0.25) is 0 Å². The maximum atomic E-state index is 13.0. The molecule has 2 aromatic carbocycles. The van der Waals surface area contributed by atoms with Gasteiger partial charge in [-0.1, -0.05) is 29.8 Å². The molecule has 140 valence electrons. The Kier molecular flexibility index (Phi) is 6.02. The fraction of sp³-hybridized carbons (Fsp3) is 0.316. The Bertz CT molecular complexity index is 896. The minimum Gasteiger partial charge on any atom is -0.348 e. The third-order valence-corrected chi connectivity index (χ3v) is 5.18. The van der Waals surface area contributed by atoms with Crippen molar-refractivity contribution in [3.05, 3.63) is 65.0 Å². The van der Waals surface area contributed by atoms with Gasteiger partial charge < -0.3 is 5.32 Å². The number of carbonyl (C=O) groups excluding carboxylic acids is 1. The number of nitrogens with zero attached hydrogens (tertiary/aromatic N) is 1. The molecule has 2 rings (SSSR count). The molecule has 0 heterocycles. The number of sulfonamides is 1. The van der Waals surface area contributed by atoms with Crippen molar-refractivity contribution >= 4 is 21.6 Å². The molecule has 0 spiro atoms. The molecule has 0 aliphatic carbocycles. The minimum absolute atomic E-state index is 0.325. The van der Waals surface area contributed by atoms with Gasteiger partial charge in [0.2, 0.25) is 15.9 Å². The first-order valence-corrected chi connectivity index (χ1v) is 10.0. The predicted octanol–water partition coefficient (Wildman–Crippen LogP) is 3.09. The summed E-state index contributed by atoms with van der Waals surface area (Å²) in [7, 11) is -3.63. The number of amides is 1. The topological polar surface area (TPSA) is 66.5 Å². The second-order valence-electron chi connectivity index (χ2n) is 6.40. The van der Waals surface area contributed by atoms with E-state index in [0.717, 1.165) is 27.3 Å². The van der Waals surface area contributed by atoms with E-state index >= 15 is 0 Å². The van der Waals surface area contributed by atoms with Gasteiger partial charge in [0.05, 0.1) is 18.0 Å². The van der Waals surface area contributed by atoms with E-state index in [1.54, 1.807) is 38.1 Å². The Labute approximate surface area is 153 Å². The maximum absolute atomic E-state index is 13.0. The first-order chi connectivity index (χ1) is 12.1. The quantitative estimate of drug-likeness (QED) is 0.840. The highest BCUT2D eigenvalue weighted by molar-refractivity contribution is 7.92. The number of hydrogen-bond acceptors (Lipinski definition) is 3. The van der Waals surface area contributed by atoms with Crippen molar-refractivity contribution in [2.45, 2.75) is 26.8 Å². The van der Waals surface area contributed by atoms with E-state index in [0.29, 0.717) is 5.69 Å². The summed E-state index contributed by atoms with van der Waals surface area (Å²) >= 11 is 0. The van der Waals surface area contributed by atoms with Crippen LogP contribution in [0.1, 0.15) is 29.7 Å². The third kappa shape index (κ3) is 5.05. The highest BCUT2D eigenvalue weighted by Gasteiger charge is 2.23. The van der Waals surface area contributed by atoms with Crippen LogP contribution in [-0.4, -0.2) is 27.1 Å². The van der Waals surface area contributed by atoms with Gasteiger partial charge in [0, 0.05) is 0 Å². The van der Waals surface area contributed by atoms with E-state index in [2.05, 4.69) is 5.32 Å². The second kappa shape index (κ2) is 7.86. The van der Waals surface area contributed by atoms with Crippen LogP contribution in [0, 0.1) is 19.7 Å². The molecule has 0 saturated heterocycles. The van der Waals surface area contributed by atoms with Crippen molar-refractivity contribution in [3.8, 4) is 0 Å². The van der Waals surface area contributed by atoms with E-state index < -0.39 is 15.9 Å². The number of rotatable bonds is 6. The summed E-state index contributed by atoms with van der Waals surface area (Å²) in [4.78, 5) is 12.4. The molecule has 7 heteroatoms. The number of halogens is 1. The molecule has 0 unspecified atom stereocenters. The van der Waals surface area contributed by atoms with E-state index in [9.17, 15) is 17.6 Å². The summed E-state index contributed by atoms with van der Waals surface area (Å²) in [6.45, 7) is 5.15. The molecule has 0 aromatic heterocycles.